The van der Waals surface area contributed by atoms with E-state index in [9.17, 15) is 24.0 Å². The van der Waals surface area contributed by atoms with Crippen LogP contribution in [0.25, 0.3) is 0 Å². The van der Waals surface area contributed by atoms with Gasteiger partial charge in [-0.1, -0.05) is 29.8 Å². The molecule has 7 nitrogen and oxygen atoms in total. The van der Waals surface area contributed by atoms with Gasteiger partial charge < -0.3 is 23.9 Å². The van der Waals surface area contributed by atoms with Crippen LogP contribution in [0, 0.1) is 6.92 Å². The van der Waals surface area contributed by atoms with Gasteiger partial charge in [-0.05, 0) is 6.92 Å². The molecule has 0 saturated heterocycles. The van der Waals surface area contributed by atoms with Crippen molar-refractivity contribution in [1.82, 2.24) is 0 Å². The molecule has 3 N–H and O–H groups in total. The van der Waals surface area contributed by atoms with Gasteiger partial charge in [0.2, 0.25) is 0 Å². The normalized spacial score (nSPS) is 21.2. The fourth-order valence-electron chi connectivity index (χ4n) is 1.52. The zero-order chi connectivity index (χ0) is 14.9. The van der Waals surface area contributed by atoms with Crippen molar-refractivity contribution < 1.29 is 33.1 Å². The molecule has 2 unspecified atom stereocenters. The third kappa shape index (κ3) is 2.69. The lowest BCUT2D eigenvalue weighted by molar-refractivity contribution is 0.117. The molecule has 0 amide bonds. The molecule has 9 heteroatoms. The first-order chi connectivity index (χ1) is 8.62. The maximum absolute atomic E-state index is 12.0. The number of benzene rings is 1. The minimum absolute atomic E-state index is 0.238. The van der Waals surface area contributed by atoms with Crippen LogP contribution in [0.2, 0.25) is 0 Å². The summed E-state index contributed by atoms with van der Waals surface area (Å²) in [6.45, 7) is 1.76. The molecule has 19 heavy (non-hydrogen) atoms. The molecule has 108 valence electrons. The zero-order valence-corrected chi connectivity index (χ0v) is 12.5. The number of aliphatic hydroxyl groups is 1. The van der Waals surface area contributed by atoms with Gasteiger partial charge in [-0.2, -0.15) is 0 Å². The fourth-order valence-corrected chi connectivity index (χ4v) is 4.75. The summed E-state index contributed by atoms with van der Waals surface area (Å²) in [7, 11) is -7.99. The molecule has 0 fully saturated rings. The Kier molecular flexibility index (Phi) is 4.75. The maximum atomic E-state index is 12.0. The Labute approximate surface area is 110 Å². The summed E-state index contributed by atoms with van der Waals surface area (Å²) in [4.78, 5) is 19.4. The molecule has 0 bridgehead atoms. The smallest absolute Gasteiger partial charge is 0.364 e. The van der Waals surface area contributed by atoms with E-state index in [1.165, 1.54) is 24.3 Å². The van der Waals surface area contributed by atoms with E-state index in [0.717, 1.165) is 19.8 Å². The highest BCUT2D eigenvalue weighted by atomic mass is 31.2. The van der Waals surface area contributed by atoms with Crippen LogP contribution < -0.4 is 0 Å². The molecule has 0 aliphatic heterocycles. The van der Waals surface area contributed by atoms with Gasteiger partial charge in [-0.25, -0.2) is 0 Å². The minimum atomic E-state index is -4.85. The van der Waals surface area contributed by atoms with Gasteiger partial charge >= 0.3 is 15.2 Å². The van der Waals surface area contributed by atoms with Crippen molar-refractivity contribution in [1.29, 1.82) is 0 Å². The Bertz CT molecular complexity index is 515. The van der Waals surface area contributed by atoms with Gasteiger partial charge in [0.15, 0.2) is 0 Å². The second-order valence-electron chi connectivity index (χ2n) is 3.91. The van der Waals surface area contributed by atoms with E-state index in [2.05, 4.69) is 9.05 Å². The summed E-state index contributed by atoms with van der Waals surface area (Å²) in [6, 6.07) is 5.56. The van der Waals surface area contributed by atoms with Crippen molar-refractivity contribution >= 4 is 15.2 Å². The van der Waals surface area contributed by atoms with Gasteiger partial charge in [0, 0.05) is 19.8 Å². The van der Waals surface area contributed by atoms with Crippen LogP contribution >= 0.6 is 15.2 Å². The highest BCUT2D eigenvalue weighted by Gasteiger charge is 2.62. The second kappa shape index (κ2) is 5.46. The molecule has 1 rings (SSSR count). The Balaban J connectivity index is 3.58. The van der Waals surface area contributed by atoms with E-state index >= 15 is 0 Å². The number of hydrogen-bond donors (Lipinski definition) is 3. The van der Waals surface area contributed by atoms with Crippen LogP contribution in [-0.4, -0.2) is 29.1 Å². The first-order valence-electron chi connectivity index (χ1n) is 5.19. The average Bonchev–Trinajstić information content (AvgIpc) is 2.38. The SMILES string of the molecule is COP(=O)(O)C(O)(c1ccc(C)cc1)P(=O)(O)OC. The van der Waals surface area contributed by atoms with Crippen molar-refractivity contribution in [2.45, 2.75) is 12.0 Å². The first kappa shape index (κ1) is 16.5. The summed E-state index contributed by atoms with van der Waals surface area (Å²) >= 11 is 0. The molecule has 2 atom stereocenters. The number of aryl methyl sites for hydroxylation is 1. The van der Waals surface area contributed by atoms with Crippen molar-refractivity contribution in [2.24, 2.45) is 0 Å². The third-order valence-electron chi connectivity index (χ3n) is 2.72. The summed E-state index contributed by atoms with van der Waals surface area (Å²) in [5.74, 6) is 0. The standard InChI is InChI=1S/C10H16O7P2/c1-8-4-6-9(7-5-8)10(11,18(12,13)16-2)19(14,15)17-3/h4-7,11H,1-3H3,(H,12,13)(H,14,15). The molecule has 1 aromatic carbocycles. The van der Waals surface area contributed by atoms with Crippen molar-refractivity contribution in [3.8, 4) is 0 Å². The molecule has 0 radical (unpaired) electrons. The first-order valence-corrected chi connectivity index (χ1v) is 8.34. The minimum Gasteiger partial charge on any atom is -0.364 e. The van der Waals surface area contributed by atoms with Gasteiger partial charge in [-0.15, -0.1) is 0 Å². The quantitative estimate of drug-likeness (QED) is 0.710. The predicted octanol–water partition coefficient (Wildman–Crippen LogP) is 1.76. The molecule has 1 aromatic rings. The summed E-state index contributed by atoms with van der Waals surface area (Å²) < 4.78 is 32.6. The maximum Gasteiger partial charge on any atom is 0.376 e. The Morgan fingerprint density at radius 2 is 1.37 bits per heavy atom. The van der Waals surface area contributed by atoms with E-state index in [1.54, 1.807) is 6.92 Å². The number of hydrogen-bond acceptors (Lipinski definition) is 5. The van der Waals surface area contributed by atoms with Crippen LogP contribution in [0.3, 0.4) is 0 Å². The van der Waals surface area contributed by atoms with E-state index in [0.29, 0.717) is 0 Å². The summed E-state index contributed by atoms with van der Waals surface area (Å²) in [5.41, 5.74) is 0.569. The van der Waals surface area contributed by atoms with E-state index < -0.39 is 20.3 Å². The molecule has 0 saturated carbocycles. The predicted molar refractivity (Wildman–Crippen MR) is 68.7 cm³/mol. The zero-order valence-electron chi connectivity index (χ0n) is 10.7. The Morgan fingerprint density at radius 1 is 1.00 bits per heavy atom. The van der Waals surface area contributed by atoms with Crippen LogP contribution in [0.15, 0.2) is 24.3 Å². The molecule has 0 aromatic heterocycles. The van der Waals surface area contributed by atoms with Crippen LogP contribution in [-0.2, 0) is 23.3 Å². The summed E-state index contributed by atoms with van der Waals surface area (Å²) in [5, 5.41) is 7.31. The molecule has 0 aliphatic carbocycles. The summed E-state index contributed by atoms with van der Waals surface area (Å²) in [6.07, 6.45) is 0. The lowest BCUT2D eigenvalue weighted by Crippen LogP contribution is -2.27. The lowest BCUT2D eigenvalue weighted by Gasteiger charge is -2.33. The van der Waals surface area contributed by atoms with Gasteiger partial charge in [0.05, 0.1) is 0 Å². The average molecular weight is 310 g/mol. The van der Waals surface area contributed by atoms with Crippen molar-refractivity contribution in [3.05, 3.63) is 35.4 Å². The Morgan fingerprint density at radius 3 is 1.68 bits per heavy atom. The van der Waals surface area contributed by atoms with Crippen LogP contribution in [0.5, 0.6) is 0 Å². The largest absolute Gasteiger partial charge is 0.376 e. The van der Waals surface area contributed by atoms with Crippen LogP contribution in [0.1, 0.15) is 11.1 Å². The molecular weight excluding hydrogens is 294 g/mol. The van der Waals surface area contributed by atoms with Gasteiger partial charge in [0.1, 0.15) is 0 Å². The van der Waals surface area contributed by atoms with Crippen LogP contribution in [0.4, 0.5) is 0 Å². The fraction of sp³-hybridized carbons (Fsp3) is 0.400. The highest BCUT2D eigenvalue weighted by Crippen LogP contribution is 2.76. The third-order valence-corrected chi connectivity index (χ3v) is 7.32. The van der Waals surface area contributed by atoms with Crippen molar-refractivity contribution in [3.63, 3.8) is 0 Å². The second-order valence-corrected chi connectivity index (χ2v) is 8.37. The molecule has 0 heterocycles. The molecule has 0 spiro atoms. The van der Waals surface area contributed by atoms with E-state index in [-0.39, 0.29) is 5.56 Å². The molecule has 0 aliphatic rings. The molecular formula is C10H16O7P2. The van der Waals surface area contributed by atoms with Crippen molar-refractivity contribution in [2.75, 3.05) is 14.2 Å². The highest BCUT2D eigenvalue weighted by molar-refractivity contribution is 7.72. The van der Waals surface area contributed by atoms with Gasteiger partial charge in [0.25, 0.3) is 5.08 Å². The van der Waals surface area contributed by atoms with E-state index in [4.69, 9.17) is 0 Å². The topological polar surface area (TPSA) is 113 Å². The van der Waals surface area contributed by atoms with Gasteiger partial charge in [-0.3, -0.25) is 9.13 Å². The monoisotopic (exact) mass is 310 g/mol. The van der Waals surface area contributed by atoms with E-state index in [1.807, 2.05) is 0 Å². The number of rotatable bonds is 5. The lowest BCUT2D eigenvalue weighted by atomic mass is 10.2. The Hall–Kier alpha value is -0.520.